The molecule has 11 heavy (non-hydrogen) atoms. The van der Waals surface area contributed by atoms with E-state index in [9.17, 15) is 4.79 Å². The Kier molecular flexibility index (Phi) is 1.42. The van der Waals surface area contributed by atoms with Gasteiger partial charge in [-0.3, -0.25) is 9.89 Å². The predicted molar refractivity (Wildman–Crippen MR) is 44.4 cm³/mol. The number of nitrogens with zero attached hydrogens (tertiary/aromatic N) is 1. The Morgan fingerprint density at radius 3 is 3.18 bits per heavy atom. The smallest absolute Gasteiger partial charge is 0.170 e. The average Bonchev–Trinajstić information content (AvgIpc) is 2.45. The van der Waals surface area contributed by atoms with E-state index in [-0.39, 0.29) is 5.78 Å². The highest BCUT2D eigenvalue weighted by atomic mass is 79.9. The third kappa shape index (κ3) is 0.939. The summed E-state index contributed by atoms with van der Waals surface area (Å²) in [5, 5.41) is 6.54. The number of H-pyrrole nitrogens is 1. The summed E-state index contributed by atoms with van der Waals surface area (Å²) >= 11 is 3.33. The average molecular weight is 213 g/mol. The van der Waals surface area contributed by atoms with Gasteiger partial charge in [0.25, 0.3) is 0 Å². The first-order chi connectivity index (χ1) is 5.29. The van der Waals surface area contributed by atoms with Crippen LogP contribution in [0, 0.1) is 0 Å². The first-order valence-corrected chi connectivity index (χ1v) is 4.01. The quantitative estimate of drug-likeness (QED) is 0.713. The molecule has 56 valence electrons. The number of ketones is 1. The van der Waals surface area contributed by atoms with Crippen LogP contribution < -0.4 is 0 Å². The van der Waals surface area contributed by atoms with Crippen molar-refractivity contribution >= 4 is 26.2 Å². The summed E-state index contributed by atoms with van der Waals surface area (Å²) in [4.78, 5) is 11.2. The van der Waals surface area contributed by atoms with Crippen LogP contribution in [0.15, 0.2) is 12.3 Å². The molecular weight excluding hydrogens is 208 g/mol. The molecule has 0 radical (unpaired) electrons. The molecule has 2 rings (SSSR count). The first kappa shape index (κ1) is 6.79. The molecule has 0 aromatic carbocycles. The van der Waals surface area contributed by atoms with E-state index in [2.05, 4.69) is 26.1 Å². The second kappa shape index (κ2) is 2.30. The lowest BCUT2D eigenvalue weighted by Crippen LogP contribution is -2.03. The van der Waals surface area contributed by atoms with Crippen molar-refractivity contribution in [3.8, 4) is 0 Å². The Morgan fingerprint density at radius 1 is 1.64 bits per heavy atom. The SMILES string of the molecule is O=C1CC=C(Br)c2[nH]ncc21. The van der Waals surface area contributed by atoms with Crippen LogP contribution in [0.2, 0.25) is 0 Å². The molecule has 0 saturated heterocycles. The molecule has 3 nitrogen and oxygen atoms in total. The van der Waals surface area contributed by atoms with E-state index >= 15 is 0 Å². The number of allylic oxidation sites excluding steroid dienone is 1. The molecular formula is C7H5BrN2O. The van der Waals surface area contributed by atoms with Crippen molar-refractivity contribution in [2.45, 2.75) is 6.42 Å². The Morgan fingerprint density at radius 2 is 2.45 bits per heavy atom. The number of rotatable bonds is 0. The van der Waals surface area contributed by atoms with Crippen LogP contribution >= 0.6 is 15.9 Å². The summed E-state index contributed by atoms with van der Waals surface area (Å²) in [6.07, 6.45) is 3.86. The zero-order chi connectivity index (χ0) is 7.84. The molecule has 0 saturated carbocycles. The van der Waals surface area contributed by atoms with Crippen LogP contribution in [0.5, 0.6) is 0 Å². The second-order valence-corrected chi connectivity index (χ2v) is 3.19. The number of Topliss-reactive ketones (excluding diaryl/α,β-unsaturated/α-hetero) is 1. The number of carbonyl (C=O) groups excluding carboxylic acids is 1. The number of fused-ring (bicyclic) bond motifs is 1. The van der Waals surface area contributed by atoms with Gasteiger partial charge in [-0.2, -0.15) is 5.10 Å². The van der Waals surface area contributed by atoms with Crippen LogP contribution in [-0.2, 0) is 0 Å². The van der Waals surface area contributed by atoms with Gasteiger partial charge in [0.2, 0.25) is 0 Å². The van der Waals surface area contributed by atoms with Gasteiger partial charge in [-0.25, -0.2) is 0 Å². The van der Waals surface area contributed by atoms with Crippen molar-refractivity contribution in [1.29, 1.82) is 0 Å². The predicted octanol–water partition coefficient (Wildman–Crippen LogP) is 1.73. The van der Waals surface area contributed by atoms with Crippen LogP contribution in [0.1, 0.15) is 22.5 Å². The largest absolute Gasteiger partial charge is 0.294 e. The Balaban J connectivity index is 2.63. The topological polar surface area (TPSA) is 45.8 Å². The van der Waals surface area contributed by atoms with Crippen LogP contribution in [0.3, 0.4) is 0 Å². The zero-order valence-electron chi connectivity index (χ0n) is 5.60. The normalized spacial score (nSPS) is 16.1. The second-order valence-electron chi connectivity index (χ2n) is 2.34. The van der Waals surface area contributed by atoms with E-state index in [0.29, 0.717) is 12.0 Å². The molecule has 1 aromatic heterocycles. The number of carbonyl (C=O) groups is 1. The number of hydrogen-bond donors (Lipinski definition) is 1. The molecule has 4 heteroatoms. The number of halogens is 1. The van der Waals surface area contributed by atoms with Gasteiger partial charge in [-0.1, -0.05) is 6.08 Å². The summed E-state index contributed by atoms with van der Waals surface area (Å²) in [7, 11) is 0. The van der Waals surface area contributed by atoms with Gasteiger partial charge in [-0.05, 0) is 15.9 Å². The molecule has 1 N–H and O–H groups in total. The number of hydrogen-bond acceptors (Lipinski definition) is 2. The molecule has 0 spiro atoms. The van der Waals surface area contributed by atoms with Gasteiger partial charge >= 0.3 is 0 Å². The molecule has 0 atom stereocenters. The summed E-state index contributed by atoms with van der Waals surface area (Å²) in [6.45, 7) is 0. The Labute approximate surface area is 71.6 Å². The molecule has 1 aliphatic carbocycles. The molecule has 1 aromatic rings. The van der Waals surface area contributed by atoms with Gasteiger partial charge < -0.3 is 0 Å². The maximum atomic E-state index is 11.2. The molecule has 1 aliphatic rings. The fourth-order valence-electron chi connectivity index (χ4n) is 1.07. The number of aromatic amines is 1. The van der Waals surface area contributed by atoms with Crippen molar-refractivity contribution < 1.29 is 4.79 Å². The van der Waals surface area contributed by atoms with E-state index in [1.54, 1.807) is 6.20 Å². The van der Waals surface area contributed by atoms with Gasteiger partial charge in [0.1, 0.15) is 0 Å². The highest BCUT2D eigenvalue weighted by Gasteiger charge is 2.18. The lowest BCUT2D eigenvalue weighted by molar-refractivity contribution is 0.0994. The number of nitrogens with one attached hydrogen (secondary N) is 1. The highest BCUT2D eigenvalue weighted by molar-refractivity contribution is 9.15. The fourth-order valence-corrected chi connectivity index (χ4v) is 1.54. The van der Waals surface area contributed by atoms with Crippen molar-refractivity contribution in [3.63, 3.8) is 0 Å². The molecule has 0 aliphatic heterocycles. The summed E-state index contributed by atoms with van der Waals surface area (Å²) in [5.41, 5.74) is 1.47. The minimum Gasteiger partial charge on any atom is -0.294 e. The molecule has 1 heterocycles. The van der Waals surface area contributed by atoms with Gasteiger partial charge in [0, 0.05) is 10.9 Å². The fraction of sp³-hybridized carbons (Fsp3) is 0.143. The molecule has 0 fully saturated rings. The summed E-state index contributed by atoms with van der Waals surface area (Å²) in [6, 6.07) is 0. The maximum absolute atomic E-state index is 11.2. The minimum absolute atomic E-state index is 0.122. The summed E-state index contributed by atoms with van der Waals surface area (Å²) < 4.78 is 0.921. The molecule has 0 unspecified atom stereocenters. The van der Waals surface area contributed by atoms with Crippen LogP contribution in [-0.4, -0.2) is 16.0 Å². The summed E-state index contributed by atoms with van der Waals surface area (Å²) in [5.74, 6) is 0.122. The maximum Gasteiger partial charge on any atom is 0.170 e. The van der Waals surface area contributed by atoms with E-state index in [4.69, 9.17) is 0 Å². The van der Waals surface area contributed by atoms with Gasteiger partial charge in [0.05, 0.1) is 17.5 Å². The van der Waals surface area contributed by atoms with Crippen molar-refractivity contribution in [2.75, 3.05) is 0 Å². The van der Waals surface area contributed by atoms with Crippen molar-refractivity contribution in [1.82, 2.24) is 10.2 Å². The lowest BCUT2D eigenvalue weighted by atomic mass is 10.0. The molecule has 0 amide bonds. The van der Waals surface area contributed by atoms with E-state index in [1.807, 2.05) is 6.08 Å². The van der Waals surface area contributed by atoms with Crippen molar-refractivity contribution in [3.05, 3.63) is 23.5 Å². The third-order valence-corrected chi connectivity index (χ3v) is 2.37. The minimum atomic E-state index is 0.122. The third-order valence-electron chi connectivity index (χ3n) is 1.65. The van der Waals surface area contributed by atoms with E-state index in [0.717, 1.165) is 10.2 Å². The lowest BCUT2D eigenvalue weighted by Gasteiger charge is -2.05. The highest BCUT2D eigenvalue weighted by Crippen LogP contribution is 2.28. The van der Waals surface area contributed by atoms with Gasteiger partial charge in [0.15, 0.2) is 5.78 Å². The zero-order valence-corrected chi connectivity index (χ0v) is 7.18. The van der Waals surface area contributed by atoms with Crippen LogP contribution in [0.25, 0.3) is 4.48 Å². The van der Waals surface area contributed by atoms with Gasteiger partial charge in [-0.15, -0.1) is 0 Å². The standard InChI is InChI=1S/C7H5BrN2O/c8-5-1-2-6(11)4-3-9-10-7(4)5/h1,3H,2H2,(H,9,10). The van der Waals surface area contributed by atoms with E-state index < -0.39 is 0 Å². The Bertz CT molecular complexity index is 340. The number of aromatic nitrogens is 2. The van der Waals surface area contributed by atoms with E-state index in [1.165, 1.54) is 0 Å². The monoisotopic (exact) mass is 212 g/mol. The van der Waals surface area contributed by atoms with Crippen molar-refractivity contribution in [2.24, 2.45) is 0 Å². The molecule has 0 bridgehead atoms. The first-order valence-electron chi connectivity index (χ1n) is 3.21. The Hall–Kier alpha value is -0.900. The van der Waals surface area contributed by atoms with Crippen LogP contribution in [0.4, 0.5) is 0 Å².